The van der Waals surface area contributed by atoms with Crippen molar-refractivity contribution in [2.45, 2.75) is 108 Å². The largest absolute Gasteiger partial charge is 0.324 e. The molecule has 0 N–H and O–H groups in total. The standard InChI is InChI=1S/C17H46NPSi5/c1-20(2,3)16-17(21(4,5)6,22(7,8)9)19(16)18(23(10,11)12)24(13,14)15/h16H,1-15H3/t16?,19-/m1/s1. The molecule has 1 aliphatic heterocycles. The van der Waals surface area contributed by atoms with Gasteiger partial charge in [-0.15, -0.1) is 0 Å². The summed E-state index contributed by atoms with van der Waals surface area (Å²) in [7, 11) is -6.16. The van der Waals surface area contributed by atoms with Crippen molar-refractivity contribution >= 4 is 48.8 Å². The molecule has 0 bridgehead atoms. The van der Waals surface area contributed by atoms with Crippen LogP contribution in [0.2, 0.25) is 98.2 Å². The Balaban J connectivity index is 3.71. The lowest BCUT2D eigenvalue weighted by molar-refractivity contribution is 0.981. The van der Waals surface area contributed by atoms with E-state index >= 15 is 0 Å². The average molecular weight is 436 g/mol. The summed E-state index contributed by atoms with van der Waals surface area (Å²) in [5.74, 6) is 0. The van der Waals surface area contributed by atoms with Crippen molar-refractivity contribution in [3.63, 3.8) is 0 Å². The first-order valence-corrected chi connectivity index (χ1v) is 28.5. The fourth-order valence-corrected chi connectivity index (χ4v) is 56.5. The topological polar surface area (TPSA) is 3.24 Å². The van der Waals surface area contributed by atoms with Gasteiger partial charge in [-0.3, -0.25) is 0 Å². The van der Waals surface area contributed by atoms with Crippen LogP contribution in [0.5, 0.6) is 0 Å². The number of nitrogens with zero attached hydrogens (tertiary/aromatic N) is 1. The van der Waals surface area contributed by atoms with Gasteiger partial charge in [-0.1, -0.05) is 98.2 Å². The second-order valence-electron chi connectivity index (χ2n) is 13.0. The zero-order chi connectivity index (χ0) is 19.7. The van der Waals surface area contributed by atoms with Crippen LogP contribution in [-0.4, -0.2) is 54.4 Å². The van der Waals surface area contributed by atoms with Crippen LogP contribution in [0.25, 0.3) is 0 Å². The molecule has 1 nitrogen and oxygen atoms in total. The lowest BCUT2D eigenvalue weighted by atomic mass is 10.9. The Labute approximate surface area is 160 Å². The zero-order valence-corrected chi connectivity index (χ0v) is 25.4. The van der Waals surface area contributed by atoms with E-state index in [9.17, 15) is 0 Å². The fourth-order valence-electron chi connectivity index (χ4n) is 5.83. The van der Waals surface area contributed by atoms with E-state index in [1.54, 1.807) is 0 Å². The summed E-state index contributed by atoms with van der Waals surface area (Å²) in [6, 6.07) is 0. The van der Waals surface area contributed by atoms with Crippen molar-refractivity contribution in [3.8, 4) is 0 Å². The molecule has 7 heteroatoms. The van der Waals surface area contributed by atoms with Crippen molar-refractivity contribution < 1.29 is 0 Å². The molecule has 0 radical (unpaired) electrons. The van der Waals surface area contributed by atoms with E-state index in [-0.39, 0.29) is 8.07 Å². The molecular weight excluding hydrogens is 390 g/mol. The summed E-state index contributed by atoms with van der Waals surface area (Å²) in [6.45, 7) is 40.1. The van der Waals surface area contributed by atoms with Crippen LogP contribution < -0.4 is 0 Å². The summed E-state index contributed by atoms with van der Waals surface area (Å²) in [5, 5.41) is 1.09. The SMILES string of the molecule is C[Si](C)(C)C1[P@@](N([Si](C)(C)C)[Si](C)(C)C)C1([Si](C)(C)C)[Si](C)(C)C. The molecule has 0 aromatic heterocycles. The molecule has 1 heterocycles. The smallest absolute Gasteiger partial charge is 0.116 e. The lowest BCUT2D eigenvalue weighted by Gasteiger charge is -2.49. The molecule has 2 atom stereocenters. The van der Waals surface area contributed by atoms with Gasteiger partial charge in [0.25, 0.3) is 0 Å². The van der Waals surface area contributed by atoms with Crippen molar-refractivity contribution in [2.75, 3.05) is 0 Å². The van der Waals surface area contributed by atoms with Crippen LogP contribution in [-0.2, 0) is 0 Å². The summed E-state index contributed by atoms with van der Waals surface area (Å²) >= 11 is 0. The quantitative estimate of drug-likeness (QED) is 0.317. The first kappa shape index (κ1) is 23.5. The maximum absolute atomic E-state index is 3.29. The molecule has 1 saturated heterocycles. The minimum atomic E-state index is -1.30. The molecule has 0 aromatic rings. The van der Waals surface area contributed by atoms with E-state index in [0.717, 1.165) is 9.68 Å². The lowest BCUT2D eigenvalue weighted by Crippen LogP contribution is -2.62. The molecule has 144 valence electrons. The van der Waals surface area contributed by atoms with Crippen molar-refractivity contribution in [1.29, 1.82) is 0 Å². The first-order valence-electron chi connectivity index (χ1n) is 9.71. The molecular formula is C17H46NPSi5. The molecule has 1 aliphatic rings. The Morgan fingerprint density at radius 2 is 0.875 bits per heavy atom. The predicted octanol–water partition coefficient (Wildman–Crippen LogP) is 7.11. The third-order valence-corrected chi connectivity index (χ3v) is 40.5. The molecule has 1 fully saturated rings. The van der Waals surface area contributed by atoms with Gasteiger partial charge in [-0.2, -0.15) is 0 Å². The van der Waals surface area contributed by atoms with Crippen LogP contribution in [0.15, 0.2) is 0 Å². The molecule has 0 aliphatic carbocycles. The molecule has 0 spiro atoms. The molecule has 1 unspecified atom stereocenters. The maximum Gasteiger partial charge on any atom is 0.116 e. The maximum atomic E-state index is 3.29. The summed E-state index contributed by atoms with van der Waals surface area (Å²) in [5.41, 5.74) is 0. The van der Waals surface area contributed by atoms with Crippen LogP contribution in [0, 0.1) is 0 Å². The minimum absolute atomic E-state index is 0.0766. The van der Waals surface area contributed by atoms with E-state index in [1.807, 2.05) is 0 Å². The van der Waals surface area contributed by atoms with Gasteiger partial charge < -0.3 is 4.00 Å². The minimum Gasteiger partial charge on any atom is -0.324 e. The third kappa shape index (κ3) is 3.85. The van der Waals surface area contributed by atoms with Crippen molar-refractivity contribution in [1.82, 2.24) is 4.00 Å². The van der Waals surface area contributed by atoms with Gasteiger partial charge >= 0.3 is 0 Å². The van der Waals surface area contributed by atoms with Gasteiger partial charge in [0.2, 0.25) is 0 Å². The second-order valence-corrected chi connectivity index (χ2v) is 43.8. The number of rotatable bonds is 6. The Morgan fingerprint density at radius 3 is 1.00 bits per heavy atom. The summed E-state index contributed by atoms with van der Waals surface area (Å²) in [6.07, 6.45) is 0. The average Bonchev–Trinajstić information content (AvgIpc) is 2.80. The van der Waals surface area contributed by atoms with Crippen LogP contribution >= 0.6 is 8.07 Å². The van der Waals surface area contributed by atoms with E-state index in [2.05, 4.69) is 102 Å². The van der Waals surface area contributed by atoms with Crippen LogP contribution in [0.1, 0.15) is 0 Å². The Morgan fingerprint density at radius 1 is 0.583 bits per heavy atom. The van der Waals surface area contributed by atoms with Gasteiger partial charge in [0.1, 0.15) is 16.5 Å². The van der Waals surface area contributed by atoms with E-state index < -0.39 is 40.7 Å². The van der Waals surface area contributed by atoms with Crippen molar-refractivity contribution in [2.24, 2.45) is 0 Å². The monoisotopic (exact) mass is 435 g/mol. The van der Waals surface area contributed by atoms with E-state index in [0.29, 0.717) is 0 Å². The van der Waals surface area contributed by atoms with Gasteiger partial charge in [-0.25, -0.2) is 0 Å². The highest BCUT2D eigenvalue weighted by molar-refractivity contribution is 7.81. The van der Waals surface area contributed by atoms with E-state index in [1.165, 1.54) is 0 Å². The highest BCUT2D eigenvalue weighted by atomic mass is 31.1. The zero-order valence-electron chi connectivity index (χ0n) is 19.5. The highest BCUT2D eigenvalue weighted by Gasteiger charge is 2.80. The number of hydrogen-bond acceptors (Lipinski definition) is 1. The summed E-state index contributed by atoms with van der Waals surface area (Å²) in [4.78, 5) is 0. The Kier molecular flexibility index (Phi) is 6.12. The van der Waals surface area contributed by atoms with Gasteiger partial charge in [0.15, 0.2) is 0 Å². The Hall–Kier alpha value is 1.47. The molecule has 1 rings (SSSR count). The molecule has 0 saturated carbocycles. The molecule has 0 aromatic carbocycles. The Bertz CT molecular complexity index is 446. The van der Waals surface area contributed by atoms with Gasteiger partial charge in [0.05, 0.1) is 24.2 Å². The van der Waals surface area contributed by atoms with E-state index in [4.69, 9.17) is 0 Å². The third-order valence-electron chi connectivity index (χ3n) is 5.53. The number of hydrogen-bond donors (Lipinski definition) is 0. The molecule has 0 amide bonds. The summed E-state index contributed by atoms with van der Waals surface area (Å²) < 4.78 is 4.06. The van der Waals surface area contributed by atoms with Crippen molar-refractivity contribution in [3.05, 3.63) is 0 Å². The molecule has 24 heavy (non-hydrogen) atoms. The first-order chi connectivity index (χ1) is 10.1. The second kappa shape index (κ2) is 6.24. The van der Waals surface area contributed by atoms with Gasteiger partial charge in [0, 0.05) is 0 Å². The normalized spacial score (nSPS) is 26.0. The fraction of sp³-hybridized carbons (Fsp3) is 1.00. The predicted molar refractivity (Wildman–Crippen MR) is 132 cm³/mol. The van der Waals surface area contributed by atoms with Crippen LogP contribution in [0.4, 0.5) is 0 Å². The highest BCUT2D eigenvalue weighted by Crippen LogP contribution is 2.85. The van der Waals surface area contributed by atoms with Gasteiger partial charge in [-0.05, 0) is 17.8 Å². The van der Waals surface area contributed by atoms with Crippen LogP contribution in [0.3, 0.4) is 0 Å².